The van der Waals surface area contributed by atoms with Crippen LogP contribution in [0.2, 0.25) is 0 Å². The van der Waals surface area contributed by atoms with Crippen LogP contribution in [0.5, 0.6) is 0 Å². The summed E-state index contributed by atoms with van der Waals surface area (Å²) in [4.78, 5) is 35.6. The van der Waals surface area contributed by atoms with Crippen LogP contribution in [-0.2, 0) is 14.4 Å². The number of hydrogen-bond donors (Lipinski definition) is 3. The molecule has 20 heavy (non-hydrogen) atoms. The molecule has 1 atom stereocenters. The zero-order valence-corrected chi connectivity index (χ0v) is 12.2. The van der Waals surface area contributed by atoms with Gasteiger partial charge in [-0.3, -0.25) is 14.4 Å². The molecule has 1 unspecified atom stereocenters. The predicted molar refractivity (Wildman–Crippen MR) is 75.0 cm³/mol. The smallest absolute Gasteiger partial charge is 0.303 e. The molecule has 0 bridgehead atoms. The van der Waals surface area contributed by atoms with Gasteiger partial charge in [0.25, 0.3) is 0 Å². The molecule has 0 fully saturated rings. The number of amides is 2. The maximum Gasteiger partial charge on any atom is 0.303 e. The van der Waals surface area contributed by atoms with Crippen molar-refractivity contribution in [3.63, 3.8) is 0 Å². The summed E-state index contributed by atoms with van der Waals surface area (Å²) in [6.07, 6.45) is 1.45. The molecule has 4 N–H and O–H groups in total. The van der Waals surface area contributed by atoms with Crippen LogP contribution in [0.3, 0.4) is 0 Å². The van der Waals surface area contributed by atoms with Crippen molar-refractivity contribution in [2.45, 2.75) is 45.6 Å². The van der Waals surface area contributed by atoms with E-state index in [0.29, 0.717) is 19.5 Å². The molecule has 0 aromatic heterocycles. The number of carboxylic acids is 1. The summed E-state index contributed by atoms with van der Waals surface area (Å²) in [5, 5.41) is 11.3. The van der Waals surface area contributed by atoms with Crippen molar-refractivity contribution in [2.24, 2.45) is 5.73 Å². The molecule has 7 heteroatoms. The van der Waals surface area contributed by atoms with Gasteiger partial charge in [0, 0.05) is 19.5 Å². The van der Waals surface area contributed by atoms with E-state index in [1.165, 1.54) is 4.90 Å². The van der Waals surface area contributed by atoms with E-state index in [0.717, 1.165) is 6.42 Å². The van der Waals surface area contributed by atoms with Gasteiger partial charge in [0.05, 0.1) is 12.6 Å². The number of rotatable bonds is 10. The first kappa shape index (κ1) is 18.4. The summed E-state index contributed by atoms with van der Waals surface area (Å²) in [5.74, 6) is -1.59. The van der Waals surface area contributed by atoms with E-state index in [1.54, 1.807) is 0 Å². The number of carbonyl (C=O) groups is 3. The number of hydrogen-bond acceptors (Lipinski definition) is 4. The van der Waals surface area contributed by atoms with Gasteiger partial charge in [0.1, 0.15) is 0 Å². The Hall–Kier alpha value is -1.63. The summed E-state index contributed by atoms with van der Waals surface area (Å²) in [6.45, 7) is 4.80. The molecular weight excluding hydrogens is 262 g/mol. The fraction of sp³-hybridized carbons (Fsp3) is 0.769. The molecule has 0 heterocycles. The zero-order valence-electron chi connectivity index (χ0n) is 12.2. The molecule has 0 rings (SSSR count). The Kier molecular flexibility index (Phi) is 9.36. The third kappa shape index (κ3) is 7.73. The van der Waals surface area contributed by atoms with E-state index >= 15 is 0 Å². The Morgan fingerprint density at radius 1 is 1.25 bits per heavy atom. The van der Waals surface area contributed by atoms with Crippen LogP contribution in [0, 0.1) is 0 Å². The average Bonchev–Trinajstić information content (AvgIpc) is 2.41. The second-order valence-electron chi connectivity index (χ2n) is 4.65. The average molecular weight is 287 g/mol. The molecule has 2 amide bonds. The number of carbonyl (C=O) groups excluding carboxylic acids is 2. The first-order valence-corrected chi connectivity index (χ1v) is 6.95. The molecule has 0 aliphatic carbocycles. The van der Waals surface area contributed by atoms with Crippen molar-refractivity contribution in [1.29, 1.82) is 0 Å². The second kappa shape index (κ2) is 10.2. The number of nitrogens with two attached hydrogens (primary N) is 1. The Morgan fingerprint density at radius 3 is 2.40 bits per heavy atom. The standard InChI is InChI=1S/C13H25N3O4/c1-3-7-15-11(17)9-16(8-4-2)13(20)10(14)5-6-12(18)19/h10H,3-9,14H2,1-2H3,(H,15,17)(H,18,19). The van der Waals surface area contributed by atoms with Crippen molar-refractivity contribution < 1.29 is 19.5 Å². The number of nitrogens with one attached hydrogen (secondary N) is 1. The minimum absolute atomic E-state index is 0.0343. The van der Waals surface area contributed by atoms with E-state index in [9.17, 15) is 14.4 Å². The minimum atomic E-state index is -0.990. The molecule has 0 aromatic rings. The quantitative estimate of drug-likeness (QED) is 0.521. The lowest BCUT2D eigenvalue weighted by atomic mass is 10.1. The normalized spacial score (nSPS) is 11.8. The van der Waals surface area contributed by atoms with Crippen molar-refractivity contribution in [1.82, 2.24) is 10.2 Å². The fourth-order valence-corrected chi connectivity index (χ4v) is 1.67. The van der Waals surface area contributed by atoms with Crippen LogP contribution in [0.25, 0.3) is 0 Å². The summed E-state index contributed by atoms with van der Waals surface area (Å²) in [6, 6.07) is -0.878. The van der Waals surface area contributed by atoms with Gasteiger partial charge in [-0.2, -0.15) is 0 Å². The minimum Gasteiger partial charge on any atom is -0.481 e. The number of carboxylic acid groups (broad SMARTS) is 1. The molecule has 0 aromatic carbocycles. The lowest BCUT2D eigenvalue weighted by Gasteiger charge is -2.24. The Balaban J connectivity index is 4.44. The first-order chi connectivity index (χ1) is 9.42. The van der Waals surface area contributed by atoms with Crippen LogP contribution in [0.4, 0.5) is 0 Å². The third-order valence-electron chi connectivity index (χ3n) is 2.70. The van der Waals surface area contributed by atoms with Crippen LogP contribution in [0.1, 0.15) is 39.5 Å². The highest BCUT2D eigenvalue weighted by Gasteiger charge is 2.22. The van der Waals surface area contributed by atoms with Crippen molar-refractivity contribution in [3.05, 3.63) is 0 Å². The molecule has 0 radical (unpaired) electrons. The van der Waals surface area contributed by atoms with Gasteiger partial charge in [0.15, 0.2) is 0 Å². The topological polar surface area (TPSA) is 113 Å². The fourth-order valence-electron chi connectivity index (χ4n) is 1.67. The van der Waals surface area contributed by atoms with Gasteiger partial charge in [0.2, 0.25) is 11.8 Å². The molecule has 0 aliphatic heterocycles. The zero-order chi connectivity index (χ0) is 15.5. The Bertz CT molecular complexity index is 334. The monoisotopic (exact) mass is 287 g/mol. The van der Waals surface area contributed by atoms with Gasteiger partial charge in [-0.05, 0) is 19.3 Å². The van der Waals surface area contributed by atoms with E-state index in [4.69, 9.17) is 10.8 Å². The SMILES string of the molecule is CCCNC(=O)CN(CCC)C(=O)C(N)CCC(=O)O. The summed E-state index contributed by atoms with van der Waals surface area (Å²) in [7, 11) is 0. The van der Waals surface area contributed by atoms with Crippen molar-refractivity contribution in [2.75, 3.05) is 19.6 Å². The van der Waals surface area contributed by atoms with Crippen molar-refractivity contribution in [3.8, 4) is 0 Å². The van der Waals surface area contributed by atoms with Crippen LogP contribution in [0.15, 0.2) is 0 Å². The van der Waals surface area contributed by atoms with Crippen molar-refractivity contribution >= 4 is 17.8 Å². The van der Waals surface area contributed by atoms with Crippen LogP contribution in [-0.4, -0.2) is 53.5 Å². The van der Waals surface area contributed by atoms with E-state index in [1.807, 2.05) is 13.8 Å². The second-order valence-corrected chi connectivity index (χ2v) is 4.65. The molecule has 7 nitrogen and oxygen atoms in total. The largest absolute Gasteiger partial charge is 0.481 e. The predicted octanol–water partition coefficient (Wildman–Crippen LogP) is -0.0567. The van der Waals surface area contributed by atoms with Crippen LogP contribution < -0.4 is 11.1 Å². The lowest BCUT2D eigenvalue weighted by molar-refractivity contribution is -0.139. The maximum atomic E-state index is 12.1. The van der Waals surface area contributed by atoms with Gasteiger partial charge >= 0.3 is 5.97 Å². The molecular formula is C13H25N3O4. The number of aliphatic carboxylic acids is 1. The highest BCUT2D eigenvalue weighted by Crippen LogP contribution is 2.02. The molecule has 0 spiro atoms. The molecule has 116 valence electrons. The van der Waals surface area contributed by atoms with E-state index in [-0.39, 0.29) is 31.2 Å². The number of nitrogens with zero attached hydrogens (tertiary/aromatic N) is 1. The van der Waals surface area contributed by atoms with Gasteiger partial charge in [-0.1, -0.05) is 13.8 Å². The molecule has 0 saturated carbocycles. The van der Waals surface area contributed by atoms with Gasteiger partial charge in [-0.25, -0.2) is 0 Å². The Morgan fingerprint density at radius 2 is 1.90 bits per heavy atom. The van der Waals surface area contributed by atoms with E-state index < -0.39 is 12.0 Å². The van der Waals surface area contributed by atoms with E-state index in [2.05, 4.69) is 5.32 Å². The molecule has 0 aliphatic rings. The van der Waals surface area contributed by atoms with Gasteiger partial charge < -0.3 is 21.1 Å². The summed E-state index contributed by atoms with van der Waals surface area (Å²) >= 11 is 0. The lowest BCUT2D eigenvalue weighted by Crippen LogP contribution is -2.48. The Labute approximate surface area is 119 Å². The summed E-state index contributed by atoms with van der Waals surface area (Å²) < 4.78 is 0. The highest BCUT2D eigenvalue weighted by atomic mass is 16.4. The summed E-state index contributed by atoms with van der Waals surface area (Å²) in [5.41, 5.74) is 5.69. The third-order valence-corrected chi connectivity index (χ3v) is 2.70. The molecule has 0 saturated heterocycles. The van der Waals surface area contributed by atoms with Gasteiger partial charge in [-0.15, -0.1) is 0 Å². The van der Waals surface area contributed by atoms with Crippen LogP contribution >= 0.6 is 0 Å². The highest BCUT2D eigenvalue weighted by molar-refractivity contribution is 5.87. The first-order valence-electron chi connectivity index (χ1n) is 6.95. The maximum absolute atomic E-state index is 12.1.